The summed E-state index contributed by atoms with van der Waals surface area (Å²) in [6, 6.07) is 5.02. The Labute approximate surface area is 171 Å². The standard InChI is InChI=1S/C18H19F2N5O4S/c19-18(20)30(28,29)15-4-2-1-3-13(15)23-16(26)12-24-7-9-25(10-8-24)17(27)14-11-21-5-6-22-14/h1-6,11,18H,7-10,12H2,(H,23,26). The van der Waals surface area contributed by atoms with E-state index in [1.54, 1.807) is 9.80 Å². The molecule has 0 spiro atoms. The number of carbonyl (C=O) groups is 2. The van der Waals surface area contributed by atoms with Gasteiger partial charge in [-0.05, 0) is 12.1 Å². The Bertz CT molecular complexity index is 1010. The number of para-hydroxylation sites is 1. The van der Waals surface area contributed by atoms with Crippen LogP contribution in [0.4, 0.5) is 14.5 Å². The molecule has 12 heteroatoms. The van der Waals surface area contributed by atoms with Crippen LogP contribution < -0.4 is 5.32 Å². The maximum atomic E-state index is 12.9. The van der Waals surface area contributed by atoms with Crippen LogP contribution in [0.15, 0.2) is 47.8 Å². The number of amides is 2. The van der Waals surface area contributed by atoms with Crippen LogP contribution in [0.5, 0.6) is 0 Å². The maximum Gasteiger partial charge on any atom is 0.341 e. The van der Waals surface area contributed by atoms with E-state index in [9.17, 15) is 26.8 Å². The minimum absolute atomic E-state index is 0.0732. The van der Waals surface area contributed by atoms with E-state index in [4.69, 9.17) is 0 Å². The minimum atomic E-state index is -4.85. The number of benzene rings is 1. The molecule has 2 heterocycles. The Morgan fingerprint density at radius 3 is 2.43 bits per heavy atom. The van der Waals surface area contributed by atoms with E-state index in [0.717, 1.165) is 6.07 Å². The number of nitrogens with one attached hydrogen (secondary N) is 1. The van der Waals surface area contributed by atoms with Gasteiger partial charge < -0.3 is 10.2 Å². The van der Waals surface area contributed by atoms with Crippen LogP contribution in [-0.2, 0) is 14.6 Å². The average molecular weight is 439 g/mol. The highest BCUT2D eigenvalue weighted by Gasteiger charge is 2.30. The third-order valence-electron chi connectivity index (χ3n) is 4.51. The van der Waals surface area contributed by atoms with Gasteiger partial charge in [0.05, 0.1) is 23.3 Å². The fourth-order valence-electron chi connectivity index (χ4n) is 2.99. The van der Waals surface area contributed by atoms with E-state index in [1.165, 1.54) is 36.8 Å². The number of nitrogens with zero attached hydrogens (tertiary/aromatic N) is 4. The second kappa shape index (κ2) is 9.22. The van der Waals surface area contributed by atoms with Crippen molar-refractivity contribution < 1.29 is 26.8 Å². The Kier molecular flexibility index (Phi) is 6.67. The first-order valence-electron chi connectivity index (χ1n) is 8.97. The van der Waals surface area contributed by atoms with Gasteiger partial charge in [-0.1, -0.05) is 12.1 Å². The zero-order chi connectivity index (χ0) is 21.7. The van der Waals surface area contributed by atoms with Crippen molar-refractivity contribution >= 4 is 27.3 Å². The number of carbonyl (C=O) groups excluding carboxylic acids is 2. The fraction of sp³-hybridized carbons (Fsp3) is 0.333. The molecule has 1 aliphatic heterocycles. The molecule has 0 radical (unpaired) electrons. The summed E-state index contributed by atoms with van der Waals surface area (Å²) in [7, 11) is -4.85. The first-order valence-corrected chi connectivity index (χ1v) is 10.5. The van der Waals surface area contributed by atoms with Gasteiger partial charge in [-0.25, -0.2) is 13.4 Å². The molecule has 1 aliphatic rings. The zero-order valence-electron chi connectivity index (χ0n) is 15.7. The predicted molar refractivity (Wildman–Crippen MR) is 103 cm³/mol. The third kappa shape index (κ3) is 4.94. The van der Waals surface area contributed by atoms with Crippen LogP contribution in [-0.4, -0.2) is 78.5 Å². The number of halogens is 2. The summed E-state index contributed by atoms with van der Waals surface area (Å²) < 4.78 is 49.3. The van der Waals surface area contributed by atoms with Gasteiger partial charge in [0.15, 0.2) is 0 Å². The van der Waals surface area contributed by atoms with Gasteiger partial charge in [0.1, 0.15) is 5.69 Å². The molecule has 1 aromatic heterocycles. The van der Waals surface area contributed by atoms with Crippen molar-refractivity contribution in [3.63, 3.8) is 0 Å². The summed E-state index contributed by atoms with van der Waals surface area (Å²) in [5.74, 6) is -4.38. The van der Waals surface area contributed by atoms with Gasteiger partial charge in [-0.15, -0.1) is 0 Å². The summed E-state index contributed by atoms with van der Waals surface area (Å²) in [5.41, 5.74) is 0.0415. The van der Waals surface area contributed by atoms with Crippen molar-refractivity contribution in [1.82, 2.24) is 19.8 Å². The maximum absolute atomic E-state index is 12.9. The number of aromatic nitrogens is 2. The molecular weight excluding hydrogens is 420 g/mol. The highest BCUT2D eigenvalue weighted by Crippen LogP contribution is 2.26. The Hall–Kier alpha value is -2.99. The van der Waals surface area contributed by atoms with Crippen LogP contribution in [0.2, 0.25) is 0 Å². The summed E-state index contributed by atoms with van der Waals surface area (Å²) in [5, 5.41) is 2.39. The minimum Gasteiger partial charge on any atom is -0.335 e. The van der Waals surface area contributed by atoms with Crippen molar-refractivity contribution in [1.29, 1.82) is 0 Å². The molecule has 2 aromatic rings. The van der Waals surface area contributed by atoms with Gasteiger partial charge in [0.25, 0.3) is 5.91 Å². The lowest BCUT2D eigenvalue weighted by Crippen LogP contribution is -2.50. The van der Waals surface area contributed by atoms with Crippen molar-refractivity contribution in [2.45, 2.75) is 10.7 Å². The van der Waals surface area contributed by atoms with E-state index in [1.807, 2.05) is 0 Å². The molecule has 1 aromatic carbocycles. The quantitative estimate of drug-likeness (QED) is 0.711. The number of anilines is 1. The van der Waals surface area contributed by atoms with Crippen molar-refractivity contribution in [2.75, 3.05) is 38.0 Å². The normalized spacial score (nSPS) is 15.2. The number of piperazine rings is 1. The number of rotatable bonds is 6. The SMILES string of the molecule is O=C(CN1CCN(C(=O)c2cnccn2)CC1)Nc1ccccc1S(=O)(=O)C(F)F. The number of hydrogen-bond acceptors (Lipinski definition) is 7. The van der Waals surface area contributed by atoms with Crippen molar-refractivity contribution in [2.24, 2.45) is 0 Å². The molecule has 0 bridgehead atoms. The van der Waals surface area contributed by atoms with Crippen LogP contribution in [0.3, 0.4) is 0 Å². The van der Waals surface area contributed by atoms with E-state index in [2.05, 4.69) is 15.3 Å². The van der Waals surface area contributed by atoms with Gasteiger partial charge in [0.2, 0.25) is 15.7 Å². The Balaban J connectivity index is 1.57. The first-order chi connectivity index (χ1) is 14.3. The zero-order valence-corrected chi connectivity index (χ0v) is 16.6. The number of sulfone groups is 1. The van der Waals surface area contributed by atoms with Gasteiger partial charge in [0, 0.05) is 38.6 Å². The Morgan fingerprint density at radius 1 is 1.10 bits per heavy atom. The molecule has 3 rings (SSSR count). The molecule has 9 nitrogen and oxygen atoms in total. The number of hydrogen-bond donors (Lipinski definition) is 1. The molecular formula is C18H19F2N5O4S. The van der Waals surface area contributed by atoms with Crippen LogP contribution in [0.25, 0.3) is 0 Å². The molecule has 2 amide bonds. The highest BCUT2D eigenvalue weighted by atomic mass is 32.2. The van der Waals surface area contributed by atoms with Crippen molar-refractivity contribution in [3.8, 4) is 0 Å². The molecule has 160 valence electrons. The van der Waals surface area contributed by atoms with Gasteiger partial charge in [-0.2, -0.15) is 8.78 Å². The van der Waals surface area contributed by atoms with Crippen molar-refractivity contribution in [3.05, 3.63) is 48.5 Å². The molecule has 0 saturated carbocycles. The van der Waals surface area contributed by atoms with Gasteiger partial charge >= 0.3 is 5.76 Å². The average Bonchev–Trinajstić information content (AvgIpc) is 2.74. The second-order valence-corrected chi connectivity index (χ2v) is 8.40. The fourth-order valence-corrected chi connectivity index (χ4v) is 3.87. The highest BCUT2D eigenvalue weighted by molar-refractivity contribution is 7.91. The second-order valence-electron chi connectivity index (χ2n) is 6.51. The molecule has 0 aliphatic carbocycles. The topological polar surface area (TPSA) is 113 Å². The van der Waals surface area contributed by atoms with Crippen LogP contribution in [0, 0.1) is 0 Å². The summed E-state index contributed by atoms with van der Waals surface area (Å²) in [6.07, 6.45) is 4.28. The van der Waals surface area contributed by atoms with E-state index in [-0.39, 0.29) is 23.8 Å². The lowest BCUT2D eigenvalue weighted by Gasteiger charge is -2.34. The van der Waals surface area contributed by atoms with E-state index in [0.29, 0.717) is 26.2 Å². The van der Waals surface area contributed by atoms with Gasteiger partial charge in [-0.3, -0.25) is 19.5 Å². The first kappa shape index (κ1) is 21.7. The monoisotopic (exact) mass is 439 g/mol. The smallest absolute Gasteiger partial charge is 0.335 e. The molecule has 0 atom stereocenters. The lowest BCUT2D eigenvalue weighted by atomic mass is 10.2. The lowest BCUT2D eigenvalue weighted by molar-refractivity contribution is -0.117. The number of alkyl halides is 2. The molecule has 1 saturated heterocycles. The summed E-state index contributed by atoms with van der Waals surface area (Å²) in [4.78, 5) is 35.3. The predicted octanol–water partition coefficient (Wildman–Crippen LogP) is 0.869. The molecule has 1 fully saturated rings. The third-order valence-corrected chi connectivity index (χ3v) is 5.95. The molecule has 30 heavy (non-hydrogen) atoms. The summed E-state index contributed by atoms with van der Waals surface area (Å²) >= 11 is 0. The summed E-state index contributed by atoms with van der Waals surface area (Å²) in [6.45, 7) is 1.50. The van der Waals surface area contributed by atoms with Crippen LogP contribution in [0.1, 0.15) is 10.5 Å². The van der Waals surface area contributed by atoms with E-state index >= 15 is 0 Å². The Morgan fingerprint density at radius 2 is 1.80 bits per heavy atom. The van der Waals surface area contributed by atoms with Crippen LogP contribution >= 0.6 is 0 Å². The molecule has 1 N–H and O–H groups in total. The van der Waals surface area contributed by atoms with E-state index < -0.39 is 26.4 Å². The molecule has 0 unspecified atom stereocenters. The largest absolute Gasteiger partial charge is 0.341 e.